The number of aromatic nitrogens is 6. The van der Waals surface area contributed by atoms with E-state index in [1.54, 1.807) is 36.7 Å². The van der Waals surface area contributed by atoms with Crippen molar-refractivity contribution in [2.75, 3.05) is 0 Å². The molecule has 104 heavy (non-hydrogen) atoms. The maximum absolute atomic E-state index is 10.7. The third kappa shape index (κ3) is 10.4. The summed E-state index contributed by atoms with van der Waals surface area (Å²) in [4.78, 5) is 20.6. The third-order valence-corrected chi connectivity index (χ3v) is 18.3. The van der Waals surface area contributed by atoms with E-state index in [2.05, 4.69) is 77.4 Å². The van der Waals surface area contributed by atoms with Crippen molar-refractivity contribution in [3.8, 4) is 174 Å². The summed E-state index contributed by atoms with van der Waals surface area (Å²) in [6.45, 7) is 0. The van der Waals surface area contributed by atoms with E-state index >= 15 is 0 Å². The minimum absolute atomic E-state index is 0.0836. The second kappa shape index (κ2) is 25.9. The lowest BCUT2D eigenvalue weighted by atomic mass is 9.91. The first kappa shape index (κ1) is 63.1. The molecule has 0 aliphatic heterocycles. The quantitative estimate of drug-likeness (QED) is 0.123. The summed E-state index contributed by atoms with van der Waals surface area (Å²) in [5.41, 5.74) is 10.6. The van der Waals surface area contributed by atoms with Crippen molar-refractivity contribution >= 4 is 43.6 Å². The van der Waals surface area contributed by atoms with E-state index in [0.717, 1.165) is 0 Å². The number of benzene rings is 11. The zero-order chi connectivity index (χ0) is 71.9. The van der Waals surface area contributed by atoms with Gasteiger partial charge in [-0.2, -0.15) is 63.1 Å². The molecule has 18 heteroatoms. The van der Waals surface area contributed by atoms with Gasteiger partial charge in [0.1, 0.15) is 0 Å². The Morgan fingerprint density at radius 1 is 0.240 bits per heavy atom. The first-order valence-corrected chi connectivity index (χ1v) is 31.7. The minimum Gasteiger partial charge on any atom is -0.309 e. The Hall–Kier alpha value is -16.9. The van der Waals surface area contributed by atoms with Crippen LogP contribution in [0.15, 0.2) is 219 Å². The highest BCUT2D eigenvalue weighted by molar-refractivity contribution is 6.15. The van der Waals surface area contributed by atoms with Crippen molar-refractivity contribution in [1.82, 2.24) is 29.1 Å². The lowest BCUT2D eigenvalue weighted by Crippen LogP contribution is -2.06. The van der Waals surface area contributed by atoms with Crippen LogP contribution in [0, 0.1) is 136 Å². The highest BCUT2D eigenvalue weighted by Gasteiger charge is 2.29. The molecule has 0 bridgehead atoms. The summed E-state index contributed by atoms with van der Waals surface area (Å²) >= 11 is 0. The van der Waals surface area contributed by atoms with E-state index in [-0.39, 0.29) is 94.8 Å². The summed E-state index contributed by atoms with van der Waals surface area (Å²) < 4.78 is 4.07. The van der Waals surface area contributed by atoms with Gasteiger partial charge in [-0.05, 0) is 131 Å². The van der Waals surface area contributed by atoms with Crippen molar-refractivity contribution in [3.05, 3.63) is 285 Å². The van der Waals surface area contributed by atoms with Crippen LogP contribution >= 0.6 is 0 Å². The molecule has 15 rings (SSSR count). The Morgan fingerprint density at radius 2 is 0.548 bits per heavy atom. The number of nitriles is 12. The molecule has 0 aliphatic rings. The summed E-state index contributed by atoms with van der Waals surface area (Å²) in [7, 11) is 0. The molecule has 0 saturated heterocycles. The van der Waals surface area contributed by atoms with Crippen LogP contribution in [0.5, 0.6) is 0 Å². The van der Waals surface area contributed by atoms with Gasteiger partial charge in [0, 0.05) is 77.8 Å². The molecule has 0 radical (unpaired) electrons. The summed E-state index contributed by atoms with van der Waals surface area (Å²) in [5, 5.41) is 128. The lowest BCUT2D eigenvalue weighted by Gasteiger charge is -2.21. The highest BCUT2D eigenvalue weighted by Crippen LogP contribution is 2.48. The SMILES string of the molecule is N#Cc1cc(C#N)c(-c2ccc3c(c2)c2cc(-c4c(C#N)cc(C#N)cc4C#N)ccc2n3-c2cnccc2-c2c(-c3nc(-c4ccccc4)nc(-c4ccccc4)n3)cccc2-n2c3ccc(-c4c(C#N)cc(C#N)cc4C#N)cc3c3cc(-c4c(C#N)cc(C#N)cc4C#N)ccc32)c(C#N)c1. The molecular formula is C86H36N18. The molecule has 0 spiro atoms. The van der Waals surface area contributed by atoms with Gasteiger partial charge in [-0.15, -0.1) is 0 Å². The molecule has 0 atom stereocenters. The first-order chi connectivity index (χ1) is 51.0. The van der Waals surface area contributed by atoms with Gasteiger partial charge >= 0.3 is 0 Å². The number of nitrogens with zero attached hydrogens (tertiary/aromatic N) is 18. The first-order valence-electron chi connectivity index (χ1n) is 31.7. The molecule has 0 amide bonds. The van der Waals surface area contributed by atoms with Crippen LogP contribution in [0.3, 0.4) is 0 Å². The molecule has 18 nitrogen and oxygen atoms in total. The van der Waals surface area contributed by atoms with E-state index in [9.17, 15) is 63.1 Å². The Balaban J connectivity index is 1.09. The minimum atomic E-state index is 0.0836. The van der Waals surface area contributed by atoms with Gasteiger partial charge < -0.3 is 9.13 Å². The Morgan fingerprint density at radius 3 is 0.856 bits per heavy atom. The fraction of sp³-hybridized carbons (Fsp3) is 0. The van der Waals surface area contributed by atoms with E-state index < -0.39 is 0 Å². The van der Waals surface area contributed by atoms with Crippen LogP contribution in [0.25, 0.3) is 145 Å². The molecule has 15 aromatic rings. The maximum atomic E-state index is 10.7. The van der Waals surface area contributed by atoms with Crippen LogP contribution in [0.2, 0.25) is 0 Å². The van der Waals surface area contributed by atoms with Crippen molar-refractivity contribution in [1.29, 1.82) is 63.1 Å². The smallest absolute Gasteiger partial charge is 0.164 e. The molecule has 0 aliphatic carbocycles. The molecule has 0 unspecified atom stereocenters. The Kier molecular flexibility index (Phi) is 15.7. The predicted molar refractivity (Wildman–Crippen MR) is 386 cm³/mol. The van der Waals surface area contributed by atoms with Gasteiger partial charge in [0.05, 0.1) is 179 Å². The topological polar surface area (TPSA) is 347 Å². The van der Waals surface area contributed by atoms with Crippen molar-refractivity contribution < 1.29 is 0 Å². The fourth-order valence-electron chi connectivity index (χ4n) is 13.9. The summed E-state index contributed by atoms with van der Waals surface area (Å²) in [6.07, 6.45) is 3.38. The molecule has 0 fully saturated rings. The molecule has 11 aromatic carbocycles. The largest absolute Gasteiger partial charge is 0.309 e. The van der Waals surface area contributed by atoms with Gasteiger partial charge in [0.2, 0.25) is 0 Å². The van der Waals surface area contributed by atoms with Crippen molar-refractivity contribution in [3.63, 3.8) is 0 Å². The second-order valence-electron chi connectivity index (χ2n) is 23.9. The van der Waals surface area contributed by atoms with E-state index in [0.29, 0.717) is 117 Å². The van der Waals surface area contributed by atoms with Gasteiger partial charge in [0.15, 0.2) is 17.5 Å². The van der Waals surface area contributed by atoms with Gasteiger partial charge in [0.25, 0.3) is 0 Å². The van der Waals surface area contributed by atoms with E-state index in [4.69, 9.17) is 19.9 Å². The maximum Gasteiger partial charge on any atom is 0.164 e. The summed E-state index contributed by atoms with van der Waals surface area (Å²) in [5.74, 6) is 0.985. The average molecular weight is 1320 g/mol. The van der Waals surface area contributed by atoms with Crippen LogP contribution in [-0.2, 0) is 0 Å². The lowest BCUT2D eigenvalue weighted by molar-refractivity contribution is 1.07. The van der Waals surface area contributed by atoms with Crippen LogP contribution in [0.4, 0.5) is 0 Å². The molecule has 0 saturated carbocycles. The number of fused-ring (bicyclic) bond motifs is 6. The number of pyridine rings is 1. The van der Waals surface area contributed by atoms with Crippen molar-refractivity contribution in [2.24, 2.45) is 0 Å². The molecule has 0 N–H and O–H groups in total. The molecule has 470 valence electrons. The third-order valence-electron chi connectivity index (χ3n) is 18.3. The Labute approximate surface area is 592 Å². The number of hydrogen-bond donors (Lipinski definition) is 0. The highest BCUT2D eigenvalue weighted by atomic mass is 15.0. The van der Waals surface area contributed by atoms with Gasteiger partial charge in [-0.3, -0.25) is 4.98 Å². The normalized spacial score (nSPS) is 10.6. The second-order valence-corrected chi connectivity index (χ2v) is 23.9. The van der Waals surface area contributed by atoms with Gasteiger partial charge in [-0.25, -0.2) is 15.0 Å². The predicted octanol–water partition coefficient (Wildman–Crippen LogP) is 17.3. The molecular weight excluding hydrogens is 1290 g/mol. The van der Waals surface area contributed by atoms with E-state index in [1.165, 1.54) is 48.5 Å². The summed E-state index contributed by atoms with van der Waals surface area (Å²) in [6, 6.07) is 86.0. The fourth-order valence-corrected chi connectivity index (χ4v) is 13.9. The number of hydrogen-bond acceptors (Lipinski definition) is 16. The van der Waals surface area contributed by atoms with Crippen LogP contribution in [0.1, 0.15) is 66.8 Å². The number of rotatable bonds is 10. The van der Waals surface area contributed by atoms with Crippen LogP contribution in [-0.4, -0.2) is 29.1 Å². The zero-order valence-corrected chi connectivity index (χ0v) is 53.8. The van der Waals surface area contributed by atoms with Crippen LogP contribution < -0.4 is 0 Å². The zero-order valence-electron chi connectivity index (χ0n) is 53.8. The molecule has 4 heterocycles. The monoisotopic (exact) mass is 1320 g/mol. The molecule has 4 aromatic heterocycles. The Bertz CT molecular complexity index is 6390. The van der Waals surface area contributed by atoms with E-state index in [1.807, 2.05) is 138 Å². The van der Waals surface area contributed by atoms with Crippen molar-refractivity contribution in [2.45, 2.75) is 0 Å². The standard InChI is InChI=1S/C86H36N18/c87-36-49-24-59(40-91)79(60(25-49)41-92)55-14-18-73-69(32-55)70-33-56(80-61(42-93)26-50(37-88)27-62(80)43-94)15-19-74(70)103(73)77-13-7-12-68(86-101-84(53-8-3-1-4-9-53)100-85(102-86)54-10-5-2-6-11-54)83(77)67-22-23-99-48-78(67)104-75-20-16-57(81-63(44-95)28-51(38-89)29-64(81)45-96)34-71(75)72-35-58(17-21-76(72)104)82-65(46-97)30-52(39-90)31-66(82)47-98/h1-35,48H. The van der Waals surface area contributed by atoms with Gasteiger partial charge in [-0.1, -0.05) is 97.1 Å². The average Bonchev–Trinajstić information content (AvgIpc) is 1.55.